The first-order valence-electron chi connectivity index (χ1n) is 14.0. The minimum atomic E-state index is -0.324. The molecule has 1 aliphatic heterocycles. The summed E-state index contributed by atoms with van der Waals surface area (Å²) in [5.74, 6) is 1.93. The molecule has 39 heavy (non-hydrogen) atoms. The maximum Gasteiger partial charge on any atom is 0.200 e. The van der Waals surface area contributed by atoms with Crippen LogP contribution in [0.1, 0.15) is 61.5 Å². The Bertz CT molecular complexity index is 1620. The molecule has 0 amide bonds. The lowest BCUT2D eigenvalue weighted by Gasteiger charge is -2.46. The minimum absolute atomic E-state index is 0.00552. The second kappa shape index (κ2) is 10.1. The Kier molecular flexibility index (Phi) is 6.60. The number of likely N-dealkylation sites (tertiary alicyclic amines) is 1. The number of hydrogen-bond donors (Lipinski definition) is 0. The Morgan fingerprint density at radius 3 is 2.82 bits per heavy atom. The third kappa shape index (κ3) is 4.57. The lowest BCUT2D eigenvalue weighted by atomic mass is 9.57. The van der Waals surface area contributed by atoms with Gasteiger partial charge in [-0.2, -0.15) is 5.26 Å². The number of aromatic nitrogens is 3. The van der Waals surface area contributed by atoms with E-state index in [1.54, 1.807) is 12.6 Å². The topological polar surface area (TPSA) is 88.0 Å². The SMILES string of the molecule is Cc1cc(CN2CCC[C@H](C)C2)cc2c(=O)c(-c3cccc(C4(c5nncn5C)CC(CC#N)C4)c3)coc12. The molecule has 2 aromatic carbocycles. The van der Waals surface area contributed by atoms with Gasteiger partial charge in [-0.25, -0.2) is 0 Å². The van der Waals surface area contributed by atoms with Gasteiger partial charge in [0.2, 0.25) is 5.43 Å². The van der Waals surface area contributed by atoms with Crippen molar-refractivity contribution < 1.29 is 4.42 Å². The first-order chi connectivity index (χ1) is 18.9. The maximum absolute atomic E-state index is 13.9. The molecule has 4 aromatic rings. The van der Waals surface area contributed by atoms with E-state index in [1.807, 2.05) is 36.7 Å². The van der Waals surface area contributed by atoms with Crippen LogP contribution in [0.5, 0.6) is 0 Å². The molecule has 0 unspecified atom stereocenters. The molecule has 7 heteroatoms. The van der Waals surface area contributed by atoms with Crippen LogP contribution < -0.4 is 5.43 Å². The molecule has 0 spiro atoms. The van der Waals surface area contributed by atoms with Crippen LogP contribution in [0.4, 0.5) is 0 Å². The van der Waals surface area contributed by atoms with E-state index in [9.17, 15) is 10.1 Å². The van der Waals surface area contributed by atoms with E-state index in [0.717, 1.165) is 60.6 Å². The van der Waals surface area contributed by atoms with Gasteiger partial charge in [0.15, 0.2) is 0 Å². The van der Waals surface area contributed by atoms with E-state index in [-0.39, 0.29) is 10.8 Å². The van der Waals surface area contributed by atoms with Gasteiger partial charge < -0.3 is 8.98 Å². The molecule has 7 nitrogen and oxygen atoms in total. The third-order valence-electron chi connectivity index (χ3n) is 8.79. The van der Waals surface area contributed by atoms with E-state index >= 15 is 0 Å². The largest absolute Gasteiger partial charge is 0.463 e. The van der Waals surface area contributed by atoms with Crippen molar-refractivity contribution in [1.82, 2.24) is 19.7 Å². The summed E-state index contributed by atoms with van der Waals surface area (Å²) in [6.45, 7) is 7.39. The van der Waals surface area contributed by atoms with Gasteiger partial charge in [0.05, 0.1) is 22.4 Å². The summed E-state index contributed by atoms with van der Waals surface area (Å²) in [5.41, 5.74) is 4.97. The minimum Gasteiger partial charge on any atom is -0.463 e. The smallest absolute Gasteiger partial charge is 0.200 e. The van der Waals surface area contributed by atoms with Crippen LogP contribution in [0.15, 0.2) is 58.2 Å². The Hall–Kier alpha value is -3.76. The average molecular weight is 522 g/mol. The quantitative estimate of drug-likeness (QED) is 0.322. The number of aryl methyl sites for hydroxylation is 2. The average Bonchev–Trinajstić information content (AvgIpc) is 3.32. The van der Waals surface area contributed by atoms with Gasteiger partial charge in [-0.15, -0.1) is 10.2 Å². The predicted molar refractivity (Wildman–Crippen MR) is 151 cm³/mol. The van der Waals surface area contributed by atoms with Crippen LogP contribution in [0.3, 0.4) is 0 Å². The zero-order chi connectivity index (χ0) is 27.1. The third-order valence-corrected chi connectivity index (χ3v) is 8.79. The van der Waals surface area contributed by atoms with Gasteiger partial charge in [-0.3, -0.25) is 9.69 Å². The summed E-state index contributed by atoms with van der Waals surface area (Å²) < 4.78 is 8.07. The molecule has 2 aliphatic rings. The number of fused-ring (bicyclic) bond motifs is 1. The van der Waals surface area contributed by atoms with Gasteiger partial charge in [0, 0.05) is 26.6 Å². The van der Waals surface area contributed by atoms with E-state index in [0.29, 0.717) is 34.8 Å². The zero-order valence-corrected chi connectivity index (χ0v) is 23.0. The second-order valence-corrected chi connectivity index (χ2v) is 11.8. The van der Waals surface area contributed by atoms with E-state index in [1.165, 1.54) is 12.8 Å². The van der Waals surface area contributed by atoms with Crippen molar-refractivity contribution >= 4 is 11.0 Å². The van der Waals surface area contributed by atoms with Gasteiger partial charge in [0.25, 0.3) is 0 Å². The van der Waals surface area contributed by atoms with Gasteiger partial charge in [-0.05, 0) is 85.4 Å². The molecule has 3 heterocycles. The van der Waals surface area contributed by atoms with E-state index in [2.05, 4.69) is 46.3 Å². The molecule has 1 saturated heterocycles. The molecule has 1 atom stereocenters. The zero-order valence-electron chi connectivity index (χ0n) is 23.0. The van der Waals surface area contributed by atoms with Crippen LogP contribution in [0.2, 0.25) is 0 Å². The lowest BCUT2D eigenvalue weighted by molar-refractivity contribution is 0.172. The molecule has 0 bridgehead atoms. The van der Waals surface area contributed by atoms with Crippen LogP contribution in [0.25, 0.3) is 22.1 Å². The van der Waals surface area contributed by atoms with Gasteiger partial charge >= 0.3 is 0 Å². The standard InChI is InChI=1S/C32H35N5O2/c1-21-6-5-11-37(17-21)18-24-12-22(2)30-27(13-24)29(38)28(19-39-30)25-7-4-8-26(14-25)32(15-23(16-32)9-10-33)31-35-34-20-36(31)3/h4,7-8,12-14,19-21,23H,5-6,9,11,15-18H2,1-3H3/t21-,23?,32?/m0/s1. The highest BCUT2D eigenvalue weighted by atomic mass is 16.3. The van der Waals surface area contributed by atoms with E-state index < -0.39 is 0 Å². The Balaban J connectivity index is 1.38. The fraction of sp³-hybridized carbons (Fsp3) is 0.438. The summed E-state index contributed by atoms with van der Waals surface area (Å²) in [6.07, 6.45) is 8.05. The van der Waals surface area contributed by atoms with Crippen LogP contribution in [-0.2, 0) is 19.0 Å². The summed E-state index contributed by atoms with van der Waals surface area (Å²) >= 11 is 0. The predicted octanol–water partition coefficient (Wildman–Crippen LogP) is 5.74. The van der Waals surface area contributed by atoms with Crippen LogP contribution in [0, 0.1) is 30.1 Å². The number of benzene rings is 2. The van der Waals surface area contributed by atoms with Crippen molar-refractivity contribution in [3.05, 3.63) is 81.7 Å². The number of piperidine rings is 1. The molecular weight excluding hydrogens is 486 g/mol. The molecule has 2 aromatic heterocycles. The molecule has 0 N–H and O–H groups in total. The molecule has 1 saturated carbocycles. The second-order valence-electron chi connectivity index (χ2n) is 11.8. The van der Waals surface area contributed by atoms with Crippen molar-refractivity contribution in [2.45, 2.75) is 57.9 Å². The first-order valence-corrected chi connectivity index (χ1v) is 14.0. The molecule has 200 valence electrons. The van der Waals surface area contributed by atoms with E-state index in [4.69, 9.17) is 4.42 Å². The van der Waals surface area contributed by atoms with Crippen LogP contribution in [-0.4, -0.2) is 32.8 Å². The Morgan fingerprint density at radius 1 is 1.23 bits per heavy atom. The fourth-order valence-corrected chi connectivity index (χ4v) is 6.92. The first kappa shape index (κ1) is 25.5. The highest BCUT2D eigenvalue weighted by molar-refractivity contribution is 5.84. The lowest BCUT2D eigenvalue weighted by Crippen LogP contribution is -2.44. The normalized spacial score (nSPS) is 23.4. The monoisotopic (exact) mass is 521 g/mol. The van der Waals surface area contributed by atoms with Crippen molar-refractivity contribution in [2.75, 3.05) is 13.1 Å². The number of rotatable bonds is 6. The molecular formula is C32H35N5O2. The number of nitriles is 1. The highest BCUT2D eigenvalue weighted by Gasteiger charge is 2.49. The Labute approximate surface area is 229 Å². The molecule has 0 radical (unpaired) electrons. The summed E-state index contributed by atoms with van der Waals surface area (Å²) in [7, 11) is 1.96. The molecule has 2 fully saturated rings. The summed E-state index contributed by atoms with van der Waals surface area (Å²) in [6, 6.07) is 14.7. The van der Waals surface area contributed by atoms with Crippen molar-refractivity contribution in [3.8, 4) is 17.2 Å². The summed E-state index contributed by atoms with van der Waals surface area (Å²) in [5, 5.41) is 18.5. The number of nitrogens with zero attached hydrogens (tertiary/aromatic N) is 5. The fourth-order valence-electron chi connectivity index (χ4n) is 6.92. The molecule has 1 aliphatic carbocycles. The van der Waals surface area contributed by atoms with Crippen molar-refractivity contribution in [3.63, 3.8) is 0 Å². The van der Waals surface area contributed by atoms with Crippen LogP contribution >= 0.6 is 0 Å². The van der Waals surface area contributed by atoms with Gasteiger partial charge in [0.1, 0.15) is 24.0 Å². The van der Waals surface area contributed by atoms with Crippen molar-refractivity contribution in [1.29, 1.82) is 5.26 Å². The van der Waals surface area contributed by atoms with Gasteiger partial charge in [-0.1, -0.05) is 31.2 Å². The summed E-state index contributed by atoms with van der Waals surface area (Å²) in [4.78, 5) is 16.4. The van der Waals surface area contributed by atoms with Crippen molar-refractivity contribution in [2.24, 2.45) is 18.9 Å². The maximum atomic E-state index is 13.9. The molecule has 6 rings (SSSR count). The highest BCUT2D eigenvalue weighted by Crippen LogP contribution is 2.53. The Morgan fingerprint density at radius 2 is 2.08 bits per heavy atom. The number of hydrogen-bond acceptors (Lipinski definition) is 6.